The van der Waals surface area contributed by atoms with Crippen LogP contribution in [0.1, 0.15) is 58.8 Å². The lowest BCUT2D eigenvalue weighted by Crippen LogP contribution is -1.99. The van der Waals surface area contributed by atoms with E-state index in [0.29, 0.717) is 12.8 Å². The number of rotatable bonds is 9. The lowest BCUT2D eigenvalue weighted by Gasteiger charge is -2.06. The van der Waals surface area contributed by atoms with E-state index in [1.807, 2.05) is 13.8 Å². The fourth-order valence-electron chi connectivity index (χ4n) is 1.53. The summed E-state index contributed by atoms with van der Waals surface area (Å²) in [5.41, 5.74) is 0. The van der Waals surface area contributed by atoms with E-state index >= 15 is 0 Å². The molecule has 0 aromatic carbocycles. The van der Waals surface area contributed by atoms with Crippen LogP contribution in [0.25, 0.3) is 0 Å². The van der Waals surface area contributed by atoms with Crippen molar-refractivity contribution in [2.24, 2.45) is 5.92 Å². The van der Waals surface area contributed by atoms with E-state index in [0.717, 1.165) is 38.4 Å². The Morgan fingerprint density at radius 2 is 1.79 bits per heavy atom. The van der Waals surface area contributed by atoms with Gasteiger partial charge < -0.3 is 4.79 Å². The molecule has 2 unspecified atom stereocenters. The Morgan fingerprint density at radius 1 is 1.14 bits per heavy atom. The fraction of sp³-hybridized carbons (Fsp3) is 0.917. The maximum atomic E-state index is 13.0. The molecule has 0 rings (SSSR count). The molecule has 0 radical (unpaired) electrons. The van der Waals surface area contributed by atoms with Crippen LogP contribution < -0.4 is 0 Å². The molecule has 0 N–H and O–H groups in total. The molecule has 0 saturated carbocycles. The molecule has 2 heteroatoms. The van der Waals surface area contributed by atoms with Crippen molar-refractivity contribution in [3.63, 3.8) is 0 Å². The summed E-state index contributed by atoms with van der Waals surface area (Å²) in [4.78, 5) is 10.3. The highest BCUT2D eigenvalue weighted by atomic mass is 19.1. The Bertz CT molecular complexity index is 136. The molecule has 0 heterocycles. The van der Waals surface area contributed by atoms with E-state index in [2.05, 4.69) is 0 Å². The average molecular weight is 202 g/mol. The van der Waals surface area contributed by atoms with Crippen LogP contribution in [0.5, 0.6) is 0 Å². The van der Waals surface area contributed by atoms with Crippen molar-refractivity contribution in [2.45, 2.75) is 65.0 Å². The summed E-state index contributed by atoms with van der Waals surface area (Å²) in [5, 5.41) is 0. The highest BCUT2D eigenvalue weighted by molar-refractivity contribution is 5.52. The van der Waals surface area contributed by atoms with Gasteiger partial charge in [0.1, 0.15) is 12.5 Å². The molecule has 14 heavy (non-hydrogen) atoms. The third-order valence-corrected chi connectivity index (χ3v) is 2.51. The van der Waals surface area contributed by atoms with Gasteiger partial charge in [0, 0.05) is 5.92 Å². The number of aldehydes is 1. The highest BCUT2D eigenvalue weighted by Crippen LogP contribution is 2.13. The summed E-state index contributed by atoms with van der Waals surface area (Å²) < 4.78 is 13.0. The van der Waals surface area contributed by atoms with E-state index < -0.39 is 6.17 Å². The lowest BCUT2D eigenvalue weighted by molar-refractivity contribution is -0.110. The van der Waals surface area contributed by atoms with Crippen molar-refractivity contribution in [1.82, 2.24) is 0 Å². The molecule has 1 nitrogen and oxygen atoms in total. The molecule has 0 aromatic rings. The lowest BCUT2D eigenvalue weighted by atomic mass is 10.0. The SMILES string of the molecule is CCCC(F)CCCCCC(C)C=O. The van der Waals surface area contributed by atoms with E-state index in [4.69, 9.17) is 0 Å². The van der Waals surface area contributed by atoms with Crippen LogP contribution in [0.2, 0.25) is 0 Å². The number of carbonyl (C=O) groups excluding carboxylic acids is 1. The Hall–Kier alpha value is -0.400. The van der Waals surface area contributed by atoms with Gasteiger partial charge >= 0.3 is 0 Å². The van der Waals surface area contributed by atoms with Gasteiger partial charge in [0.2, 0.25) is 0 Å². The first kappa shape index (κ1) is 13.6. The second kappa shape index (κ2) is 9.17. The molecule has 84 valence electrons. The van der Waals surface area contributed by atoms with E-state index in [-0.39, 0.29) is 5.92 Å². The van der Waals surface area contributed by atoms with Crippen LogP contribution in [-0.2, 0) is 4.79 Å². The van der Waals surface area contributed by atoms with Gasteiger partial charge in [-0.05, 0) is 19.3 Å². The highest BCUT2D eigenvalue weighted by Gasteiger charge is 2.04. The summed E-state index contributed by atoms with van der Waals surface area (Å²) in [6, 6.07) is 0. The van der Waals surface area contributed by atoms with Gasteiger partial charge in [-0.1, -0.05) is 39.5 Å². The van der Waals surface area contributed by atoms with Crippen molar-refractivity contribution in [3.8, 4) is 0 Å². The summed E-state index contributed by atoms with van der Waals surface area (Å²) in [6.45, 7) is 3.94. The number of unbranched alkanes of at least 4 members (excludes halogenated alkanes) is 2. The zero-order chi connectivity index (χ0) is 10.8. The molecular weight excluding hydrogens is 179 g/mol. The predicted octanol–water partition coefficient (Wildman–Crippen LogP) is 3.91. The Balaban J connectivity index is 3.16. The van der Waals surface area contributed by atoms with Gasteiger partial charge in [-0.3, -0.25) is 0 Å². The van der Waals surface area contributed by atoms with Crippen molar-refractivity contribution in [3.05, 3.63) is 0 Å². The maximum Gasteiger partial charge on any atom is 0.122 e. The summed E-state index contributed by atoms with van der Waals surface area (Å²) >= 11 is 0. The quantitative estimate of drug-likeness (QED) is 0.409. The topological polar surface area (TPSA) is 17.1 Å². The molecular formula is C12H23FO. The first-order valence-corrected chi connectivity index (χ1v) is 5.80. The number of carbonyl (C=O) groups is 1. The minimum absolute atomic E-state index is 0.173. The second-order valence-corrected chi connectivity index (χ2v) is 4.14. The maximum absolute atomic E-state index is 13.0. The van der Waals surface area contributed by atoms with Crippen LogP contribution in [0.3, 0.4) is 0 Å². The third kappa shape index (κ3) is 8.21. The van der Waals surface area contributed by atoms with Crippen LogP contribution in [0, 0.1) is 5.92 Å². The number of hydrogen-bond donors (Lipinski definition) is 0. The van der Waals surface area contributed by atoms with Crippen molar-refractivity contribution in [1.29, 1.82) is 0 Å². The van der Waals surface area contributed by atoms with Crippen LogP contribution in [0.15, 0.2) is 0 Å². The van der Waals surface area contributed by atoms with Crippen LogP contribution >= 0.6 is 0 Å². The first-order valence-electron chi connectivity index (χ1n) is 5.80. The predicted molar refractivity (Wildman–Crippen MR) is 58.1 cm³/mol. The molecule has 0 aliphatic heterocycles. The molecule has 0 amide bonds. The molecule has 0 aliphatic rings. The van der Waals surface area contributed by atoms with Gasteiger partial charge in [-0.15, -0.1) is 0 Å². The standard InChI is InChI=1S/C12H23FO/c1-3-7-12(13)9-6-4-5-8-11(2)10-14/h10-12H,3-9H2,1-2H3. The van der Waals surface area contributed by atoms with E-state index in [1.54, 1.807) is 0 Å². The van der Waals surface area contributed by atoms with Gasteiger partial charge in [0.05, 0.1) is 0 Å². The molecule has 0 fully saturated rings. The Morgan fingerprint density at radius 3 is 2.36 bits per heavy atom. The van der Waals surface area contributed by atoms with Gasteiger partial charge in [0.15, 0.2) is 0 Å². The summed E-state index contributed by atoms with van der Waals surface area (Å²) in [7, 11) is 0. The minimum Gasteiger partial charge on any atom is -0.303 e. The first-order chi connectivity index (χ1) is 6.70. The number of hydrogen-bond acceptors (Lipinski definition) is 1. The molecule has 0 bridgehead atoms. The molecule has 0 spiro atoms. The summed E-state index contributed by atoms with van der Waals surface area (Å²) in [5.74, 6) is 0.173. The van der Waals surface area contributed by atoms with Crippen LogP contribution in [-0.4, -0.2) is 12.5 Å². The monoisotopic (exact) mass is 202 g/mol. The Kier molecular flexibility index (Phi) is 8.90. The second-order valence-electron chi connectivity index (χ2n) is 4.14. The summed E-state index contributed by atoms with van der Waals surface area (Å²) in [6.07, 6.45) is 6.75. The largest absolute Gasteiger partial charge is 0.303 e. The number of alkyl halides is 1. The average Bonchev–Trinajstić information content (AvgIpc) is 2.17. The minimum atomic E-state index is -0.608. The number of halogens is 1. The van der Waals surface area contributed by atoms with Gasteiger partial charge in [-0.2, -0.15) is 0 Å². The smallest absolute Gasteiger partial charge is 0.122 e. The van der Waals surface area contributed by atoms with E-state index in [9.17, 15) is 9.18 Å². The van der Waals surface area contributed by atoms with Crippen molar-refractivity contribution >= 4 is 6.29 Å². The zero-order valence-electron chi connectivity index (χ0n) is 9.47. The Labute approximate surface area is 87.1 Å². The molecule has 0 saturated heterocycles. The fourth-order valence-corrected chi connectivity index (χ4v) is 1.53. The van der Waals surface area contributed by atoms with Gasteiger partial charge in [0.25, 0.3) is 0 Å². The van der Waals surface area contributed by atoms with Gasteiger partial charge in [-0.25, -0.2) is 4.39 Å². The van der Waals surface area contributed by atoms with Crippen LogP contribution in [0.4, 0.5) is 4.39 Å². The van der Waals surface area contributed by atoms with Crippen molar-refractivity contribution in [2.75, 3.05) is 0 Å². The van der Waals surface area contributed by atoms with E-state index in [1.165, 1.54) is 0 Å². The zero-order valence-corrected chi connectivity index (χ0v) is 9.47. The molecule has 2 atom stereocenters. The molecule has 0 aromatic heterocycles. The normalized spacial score (nSPS) is 15.1. The molecule has 0 aliphatic carbocycles. The third-order valence-electron chi connectivity index (χ3n) is 2.51. The van der Waals surface area contributed by atoms with Crippen molar-refractivity contribution < 1.29 is 9.18 Å².